The van der Waals surface area contributed by atoms with E-state index in [0.29, 0.717) is 0 Å². The van der Waals surface area contributed by atoms with E-state index >= 15 is 0 Å². The van der Waals surface area contributed by atoms with Gasteiger partial charge in [-0.2, -0.15) is 4.68 Å². The number of hydrogen-bond acceptors (Lipinski definition) is 3. The van der Waals surface area contributed by atoms with Crippen molar-refractivity contribution in [3.05, 3.63) is 46.4 Å². The van der Waals surface area contributed by atoms with Crippen molar-refractivity contribution in [1.29, 1.82) is 0 Å². The van der Waals surface area contributed by atoms with Gasteiger partial charge in [0.15, 0.2) is 0 Å². The van der Waals surface area contributed by atoms with Crippen molar-refractivity contribution < 1.29 is 0 Å². The minimum Gasteiger partial charge on any atom is -0.244 e. The van der Waals surface area contributed by atoms with Crippen molar-refractivity contribution in [3.63, 3.8) is 0 Å². The van der Waals surface area contributed by atoms with Gasteiger partial charge in [0, 0.05) is 0 Å². The van der Waals surface area contributed by atoms with Crippen LogP contribution >= 0.6 is 0 Å². The smallest absolute Gasteiger partial charge is 0.244 e. The third-order valence-electron chi connectivity index (χ3n) is 2.14. The van der Waals surface area contributed by atoms with Crippen molar-refractivity contribution in [2.24, 2.45) is 0 Å². The summed E-state index contributed by atoms with van der Waals surface area (Å²) in [5.41, 5.74) is 0.741. The SMILES string of the molecule is C[C@H](c1ccccc1)n1nn[nH]c1=O. The van der Waals surface area contributed by atoms with E-state index in [1.165, 1.54) is 4.68 Å². The second kappa shape index (κ2) is 3.45. The average Bonchev–Trinajstić information content (AvgIpc) is 2.65. The Morgan fingerprint density at radius 2 is 2.07 bits per heavy atom. The number of benzene rings is 1. The van der Waals surface area contributed by atoms with Crippen LogP contribution in [0.25, 0.3) is 0 Å². The van der Waals surface area contributed by atoms with E-state index < -0.39 is 0 Å². The van der Waals surface area contributed by atoms with Gasteiger partial charge in [0.1, 0.15) is 0 Å². The Hall–Kier alpha value is -1.91. The summed E-state index contributed by atoms with van der Waals surface area (Å²) < 4.78 is 1.31. The first-order valence-electron chi connectivity index (χ1n) is 4.34. The summed E-state index contributed by atoms with van der Waals surface area (Å²) in [4.78, 5) is 11.2. The number of H-pyrrole nitrogens is 1. The molecule has 0 fully saturated rings. The maximum absolute atomic E-state index is 11.2. The van der Waals surface area contributed by atoms with Crippen molar-refractivity contribution in [1.82, 2.24) is 20.2 Å². The van der Waals surface area contributed by atoms with Crippen molar-refractivity contribution in [2.75, 3.05) is 0 Å². The minimum absolute atomic E-state index is 0.0950. The molecule has 0 radical (unpaired) electrons. The zero-order chi connectivity index (χ0) is 9.97. The number of aromatic amines is 1. The molecule has 1 atom stereocenters. The van der Waals surface area contributed by atoms with Crippen molar-refractivity contribution in [3.8, 4) is 0 Å². The van der Waals surface area contributed by atoms with Crippen LogP contribution in [-0.2, 0) is 0 Å². The maximum Gasteiger partial charge on any atom is 0.361 e. The van der Waals surface area contributed by atoms with Gasteiger partial charge in [-0.05, 0) is 22.9 Å². The molecule has 0 aliphatic heterocycles. The van der Waals surface area contributed by atoms with Gasteiger partial charge < -0.3 is 0 Å². The Labute approximate surface area is 80.4 Å². The molecular formula is C9H10N4O. The first kappa shape index (κ1) is 8.68. The van der Waals surface area contributed by atoms with Crippen LogP contribution in [0.1, 0.15) is 18.5 Å². The Balaban J connectivity index is 2.39. The molecule has 5 nitrogen and oxygen atoms in total. The molecule has 1 aromatic carbocycles. The van der Waals surface area contributed by atoms with E-state index in [1.54, 1.807) is 0 Å². The number of hydrogen-bond donors (Lipinski definition) is 1. The lowest BCUT2D eigenvalue weighted by Crippen LogP contribution is -2.22. The number of nitrogens with one attached hydrogen (secondary N) is 1. The zero-order valence-electron chi connectivity index (χ0n) is 7.71. The van der Waals surface area contributed by atoms with Gasteiger partial charge in [-0.3, -0.25) is 0 Å². The fraction of sp³-hybridized carbons (Fsp3) is 0.222. The Kier molecular flexibility index (Phi) is 2.14. The molecule has 2 rings (SSSR count). The number of aromatic nitrogens is 4. The molecular weight excluding hydrogens is 180 g/mol. The summed E-state index contributed by atoms with van der Waals surface area (Å²) >= 11 is 0. The molecule has 5 heteroatoms. The predicted octanol–water partition coefficient (Wildman–Crippen LogP) is 0.576. The highest BCUT2D eigenvalue weighted by Gasteiger charge is 2.10. The molecule has 1 N–H and O–H groups in total. The summed E-state index contributed by atoms with van der Waals surface area (Å²) in [6.07, 6.45) is 0. The highest BCUT2D eigenvalue weighted by atomic mass is 16.2. The Morgan fingerprint density at radius 3 is 2.64 bits per heavy atom. The van der Waals surface area contributed by atoms with E-state index in [-0.39, 0.29) is 11.7 Å². The van der Waals surface area contributed by atoms with Gasteiger partial charge in [0.25, 0.3) is 0 Å². The molecule has 72 valence electrons. The van der Waals surface area contributed by atoms with E-state index in [2.05, 4.69) is 15.5 Å². The fourth-order valence-corrected chi connectivity index (χ4v) is 1.33. The molecule has 14 heavy (non-hydrogen) atoms. The summed E-state index contributed by atoms with van der Waals surface area (Å²) in [5, 5.41) is 9.40. The topological polar surface area (TPSA) is 63.6 Å². The van der Waals surface area contributed by atoms with Crippen LogP contribution in [0.2, 0.25) is 0 Å². The average molecular weight is 190 g/mol. The molecule has 0 saturated heterocycles. The van der Waals surface area contributed by atoms with Crippen LogP contribution in [0.3, 0.4) is 0 Å². The van der Waals surface area contributed by atoms with Crippen molar-refractivity contribution >= 4 is 0 Å². The third-order valence-corrected chi connectivity index (χ3v) is 2.14. The Morgan fingerprint density at radius 1 is 1.36 bits per heavy atom. The Bertz CT molecular complexity index is 459. The van der Waals surface area contributed by atoms with E-state index in [9.17, 15) is 4.79 Å². The molecule has 0 unspecified atom stereocenters. The van der Waals surface area contributed by atoms with Crippen LogP contribution < -0.4 is 5.69 Å². The summed E-state index contributed by atoms with van der Waals surface area (Å²) in [6, 6.07) is 9.59. The third kappa shape index (κ3) is 1.44. The number of rotatable bonds is 2. The molecule has 0 amide bonds. The monoisotopic (exact) mass is 190 g/mol. The van der Waals surface area contributed by atoms with Gasteiger partial charge >= 0.3 is 5.69 Å². The fourth-order valence-electron chi connectivity index (χ4n) is 1.33. The van der Waals surface area contributed by atoms with Crippen LogP contribution in [0, 0.1) is 0 Å². The van der Waals surface area contributed by atoms with Gasteiger partial charge in [-0.1, -0.05) is 30.3 Å². The number of nitrogens with zero attached hydrogens (tertiary/aromatic N) is 3. The van der Waals surface area contributed by atoms with Gasteiger partial charge in [-0.25, -0.2) is 9.89 Å². The lowest BCUT2D eigenvalue weighted by atomic mass is 10.1. The van der Waals surface area contributed by atoms with Crippen molar-refractivity contribution in [2.45, 2.75) is 13.0 Å². The van der Waals surface area contributed by atoms with E-state index in [1.807, 2.05) is 37.3 Å². The second-order valence-corrected chi connectivity index (χ2v) is 3.04. The van der Waals surface area contributed by atoms with Gasteiger partial charge in [0.05, 0.1) is 6.04 Å². The molecule has 0 spiro atoms. The minimum atomic E-state index is -0.290. The largest absolute Gasteiger partial charge is 0.361 e. The molecule has 2 aromatic rings. The molecule has 0 aliphatic carbocycles. The van der Waals surface area contributed by atoms with Crippen LogP contribution in [0.4, 0.5) is 0 Å². The number of tetrazole rings is 1. The lowest BCUT2D eigenvalue weighted by molar-refractivity contribution is 0.528. The molecule has 0 aliphatic rings. The molecule has 0 bridgehead atoms. The first-order chi connectivity index (χ1) is 6.79. The molecule has 1 heterocycles. The summed E-state index contributed by atoms with van der Waals surface area (Å²) in [6.45, 7) is 1.90. The van der Waals surface area contributed by atoms with Crippen LogP contribution in [0.15, 0.2) is 35.1 Å². The molecule has 0 saturated carbocycles. The van der Waals surface area contributed by atoms with E-state index in [4.69, 9.17) is 0 Å². The predicted molar refractivity (Wildman–Crippen MR) is 50.9 cm³/mol. The second-order valence-electron chi connectivity index (χ2n) is 3.04. The summed E-state index contributed by atoms with van der Waals surface area (Å²) in [5.74, 6) is 0. The standard InChI is InChI=1S/C9H10N4O/c1-7(8-5-3-2-4-6-8)13-9(14)10-11-12-13/h2-7H,1H3,(H,10,12,14)/t7-/m1/s1. The van der Waals surface area contributed by atoms with Crippen LogP contribution in [0.5, 0.6) is 0 Å². The lowest BCUT2D eigenvalue weighted by Gasteiger charge is -2.08. The molecule has 1 aromatic heterocycles. The highest BCUT2D eigenvalue weighted by molar-refractivity contribution is 5.18. The first-order valence-corrected chi connectivity index (χ1v) is 4.34. The summed E-state index contributed by atoms with van der Waals surface area (Å²) in [7, 11) is 0. The van der Waals surface area contributed by atoms with E-state index in [0.717, 1.165) is 5.56 Å². The quantitative estimate of drug-likeness (QED) is 0.753. The van der Waals surface area contributed by atoms with Crippen LogP contribution in [-0.4, -0.2) is 20.2 Å². The maximum atomic E-state index is 11.2. The highest BCUT2D eigenvalue weighted by Crippen LogP contribution is 2.13. The normalized spacial score (nSPS) is 12.6. The van der Waals surface area contributed by atoms with Gasteiger partial charge in [0.2, 0.25) is 0 Å². The van der Waals surface area contributed by atoms with Gasteiger partial charge in [-0.15, -0.1) is 0 Å². The zero-order valence-corrected chi connectivity index (χ0v) is 7.71.